The predicted octanol–water partition coefficient (Wildman–Crippen LogP) is 2.12. The van der Waals surface area contributed by atoms with Crippen molar-refractivity contribution in [3.63, 3.8) is 0 Å². The molecule has 0 saturated carbocycles. The molecule has 1 rings (SSSR count). The quantitative estimate of drug-likeness (QED) is 0.499. The van der Waals surface area contributed by atoms with Gasteiger partial charge in [0.2, 0.25) is 0 Å². The maximum atomic E-state index is 9.44. The molecule has 0 aliphatic carbocycles. The number of nitrogens with zero attached hydrogens (tertiary/aromatic N) is 1. The molecule has 0 saturated heterocycles. The van der Waals surface area contributed by atoms with Crippen molar-refractivity contribution in [1.29, 1.82) is 5.41 Å². The zero-order valence-electron chi connectivity index (χ0n) is 7.70. The molecule has 3 heteroatoms. The van der Waals surface area contributed by atoms with Gasteiger partial charge in [-0.25, -0.2) is 4.99 Å². The minimum Gasteiger partial charge on any atom is -0.507 e. The van der Waals surface area contributed by atoms with Crippen LogP contribution < -0.4 is 0 Å². The van der Waals surface area contributed by atoms with Gasteiger partial charge in [-0.05, 0) is 31.5 Å². The van der Waals surface area contributed by atoms with Crippen LogP contribution in [-0.4, -0.2) is 17.2 Å². The van der Waals surface area contributed by atoms with Gasteiger partial charge < -0.3 is 5.11 Å². The Labute approximate surface area is 77.3 Å². The van der Waals surface area contributed by atoms with Crippen molar-refractivity contribution in [2.24, 2.45) is 4.99 Å². The van der Waals surface area contributed by atoms with Crippen LogP contribution in [0.4, 0.5) is 0 Å². The topological polar surface area (TPSA) is 56.4 Å². The van der Waals surface area contributed by atoms with Gasteiger partial charge in [-0.2, -0.15) is 0 Å². The summed E-state index contributed by atoms with van der Waals surface area (Å²) in [6.45, 7) is 3.49. The van der Waals surface area contributed by atoms with Crippen molar-refractivity contribution in [2.75, 3.05) is 0 Å². The van der Waals surface area contributed by atoms with E-state index in [0.29, 0.717) is 5.56 Å². The van der Waals surface area contributed by atoms with E-state index in [4.69, 9.17) is 5.41 Å². The maximum absolute atomic E-state index is 9.44. The Morgan fingerprint density at radius 3 is 2.77 bits per heavy atom. The summed E-state index contributed by atoms with van der Waals surface area (Å²) >= 11 is 0. The molecule has 0 heterocycles. The van der Waals surface area contributed by atoms with E-state index in [9.17, 15) is 5.11 Å². The zero-order chi connectivity index (χ0) is 9.84. The Kier molecular flexibility index (Phi) is 2.80. The van der Waals surface area contributed by atoms with Gasteiger partial charge in [-0.3, -0.25) is 5.41 Å². The molecule has 0 aliphatic heterocycles. The zero-order valence-corrected chi connectivity index (χ0v) is 7.70. The van der Waals surface area contributed by atoms with Gasteiger partial charge in [-0.1, -0.05) is 6.07 Å². The number of rotatable bonds is 1. The number of amidine groups is 1. The highest BCUT2D eigenvalue weighted by Gasteiger charge is 1.96. The third-order valence-corrected chi connectivity index (χ3v) is 1.58. The largest absolute Gasteiger partial charge is 0.507 e. The predicted molar refractivity (Wildman–Crippen MR) is 53.8 cm³/mol. The van der Waals surface area contributed by atoms with Crippen LogP contribution in [0.15, 0.2) is 23.2 Å². The summed E-state index contributed by atoms with van der Waals surface area (Å²) in [7, 11) is 0. The lowest BCUT2D eigenvalue weighted by molar-refractivity contribution is 0.474. The van der Waals surface area contributed by atoms with Crippen LogP contribution >= 0.6 is 0 Å². The fourth-order valence-corrected chi connectivity index (χ4v) is 0.929. The van der Waals surface area contributed by atoms with Crippen molar-refractivity contribution in [1.82, 2.24) is 0 Å². The van der Waals surface area contributed by atoms with E-state index >= 15 is 0 Å². The Morgan fingerprint density at radius 1 is 1.54 bits per heavy atom. The van der Waals surface area contributed by atoms with Crippen molar-refractivity contribution in [3.05, 3.63) is 29.3 Å². The van der Waals surface area contributed by atoms with E-state index in [2.05, 4.69) is 4.99 Å². The van der Waals surface area contributed by atoms with Crippen molar-refractivity contribution in [2.45, 2.75) is 13.8 Å². The number of hydrogen-bond acceptors (Lipinski definition) is 2. The number of hydrogen-bond donors (Lipinski definition) is 2. The molecular weight excluding hydrogens is 164 g/mol. The van der Waals surface area contributed by atoms with Crippen LogP contribution in [0.5, 0.6) is 5.75 Å². The number of phenols is 1. The SMILES string of the molecule is CC(=N)N=Cc1ccc(C)cc1O. The Bertz CT molecular complexity index is 356. The van der Waals surface area contributed by atoms with Crippen LogP contribution in [-0.2, 0) is 0 Å². The van der Waals surface area contributed by atoms with E-state index in [-0.39, 0.29) is 11.6 Å². The van der Waals surface area contributed by atoms with E-state index in [1.54, 1.807) is 19.1 Å². The summed E-state index contributed by atoms with van der Waals surface area (Å²) in [5.41, 5.74) is 1.64. The number of aryl methyl sites for hydroxylation is 1. The molecule has 2 N–H and O–H groups in total. The number of benzene rings is 1. The summed E-state index contributed by atoms with van der Waals surface area (Å²) in [5, 5.41) is 16.5. The highest BCUT2D eigenvalue weighted by molar-refractivity contribution is 5.93. The Morgan fingerprint density at radius 2 is 2.23 bits per heavy atom. The third-order valence-electron chi connectivity index (χ3n) is 1.58. The van der Waals surface area contributed by atoms with Crippen LogP contribution in [0.2, 0.25) is 0 Å². The molecule has 0 radical (unpaired) electrons. The molecule has 0 amide bonds. The lowest BCUT2D eigenvalue weighted by Gasteiger charge is -1.98. The number of phenolic OH excluding ortho intramolecular Hbond substituents is 1. The van der Waals surface area contributed by atoms with Gasteiger partial charge in [0, 0.05) is 11.8 Å². The van der Waals surface area contributed by atoms with Crippen LogP contribution in [0.3, 0.4) is 0 Å². The molecule has 0 aromatic heterocycles. The molecule has 1 aromatic carbocycles. The first-order chi connectivity index (χ1) is 6.09. The smallest absolute Gasteiger partial charge is 0.124 e. The number of nitrogens with one attached hydrogen (secondary N) is 1. The van der Waals surface area contributed by atoms with E-state index < -0.39 is 0 Å². The van der Waals surface area contributed by atoms with Gasteiger partial charge in [0.05, 0.1) is 0 Å². The number of aliphatic imine (C=N–C) groups is 1. The highest BCUT2D eigenvalue weighted by atomic mass is 16.3. The standard InChI is InChI=1S/C10H12N2O/c1-7-3-4-9(10(13)5-7)6-12-8(2)11/h3-6,11,13H,1-2H3. The molecule has 0 spiro atoms. The van der Waals surface area contributed by atoms with Gasteiger partial charge in [0.25, 0.3) is 0 Å². The lowest BCUT2D eigenvalue weighted by atomic mass is 10.1. The van der Waals surface area contributed by atoms with E-state index in [0.717, 1.165) is 5.56 Å². The van der Waals surface area contributed by atoms with Crippen LogP contribution in [0.25, 0.3) is 0 Å². The molecule has 0 atom stereocenters. The first-order valence-electron chi connectivity index (χ1n) is 3.98. The molecule has 68 valence electrons. The van der Waals surface area contributed by atoms with Crippen molar-refractivity contribution >= 4 is 12.1 Å². The first kappa shape index (κ1) is 9.45. The highest BCUT2D eigenvalue weighted by Crippen LogP contribution is 2.16. The second-order valence-electron chi connectivity index (χ2n) is 2.91. The summed E-state index contributed by atoms with van der Waals surface area (Å²) in [5.74, 6) is 0.421. The molecule has 0 fully saturated rings. The van der Waals surface area contributed by atoms with E-state index in [1.807, 2.05) is 13.0 Å². The lowest BCUT2D eigenvalue weighted by Crippen LogP contribution is -1.87. The molecule has 3 nitrogen and oxygen atoms in total. The fourth-order valence-electron chi connectivity index (χ4n) is 0.929. The average molecular weight is 176 g/mol. The first-order valence-corrected chi connectivity index (χ1v) is 3.98. The monoisotopic (exact) mass is 176 g/mol. The Balaban J connectivity index is 2.96. The molecule has 0 unspecified atom stereocenters. The normalized spacial score (nSPS) is 10.6. The Hall–Kier alpha value is -1.64. The second kappa shape index (κ2) is 3.85. The summed E-state index contributed by atoms with van der Waals surface area (Å²) in [4.78, 5) is 3.78. The van der Waals surface area contributed by atoms with Gasteiger partial charge in [0.15, 0.2) is 0 Å². The molecule has 1 aromatic rings. The third kappa shape index (κ3) is 2.71. The maximum Gasteiger partial charge on any atom is 0.124 e. The summed E-state index contributed by atoms with van der Waals surface area (Å²) in [6.07, 6.45) is 1.48. The van der Waals surface area contributed by atoms with E-state index in [1.165, 1.54) is 6.21 Å². The minimum absolute atomic E-state index is 0.199. The minimum atomic E-state index is 0.199. The van der Waals surface area contributed by atoms with Crippen LogP contribution in [0, 0.1) is 12.3 Å². The van der Waals surface area contributed by atoms with Gasteiger partial charge in [0.1, 0.15) is 11.6 Å². The number of aromatic hydroxyl groups is 1. The van der Waals surface area contributed by atoms with Gasteiger partial charge in [-0.15, -0.1) is 0 Å². The fraction of sp³-hybridized carbons (Fsp3) is 0.200. The molecular formula is C10H12N2O. The second-order valence-corrected chi connectivity index (χ2v) is 2.91. The summed E-state index contributed by atoms with van der Waals surface area (Å²) in [6, 6.07) is 5.33. The molecule has 0 aliphatic rings. The molecule has 13 heavy (non-hydrogen) atoms. The van der Waals surface area contributed by atoms with Crippen LogP contribution in [0.1, 0.15) is 18.1 Å². The van der Waals surface area contributed by atoms with Crippen molar-refractivity contribution in [3.8, 4) is 5.75 Å². The average Bonchev–Trinajstić information content (AvgIpc) is 2.02. The van der Waals surface area contributed by atoms with Gasteiger partial charge >= 0.3 is 0 Å². The molecule has 0 bridgehead atoms. The van der Waals surface area contributed by atoms with Crippen molar-refractivity contribution < 1.29 is 5.11 Å². The summed E-state index contributed by atoms with van der Waals surface area (Å²) < 4.78 is 0.